The Morgan fingerprint density at radius 3 is 2.50 bits per heavy atom. The van der Waals surface area contributed by atoms with Gasteiger partial charge in [0.1, 0.15) is 11.9 Å². The van der Waals surface area contributed by atoms with Gasteiger partial charge in [0, 0.05) is 17.4 Å². The Kier molecular flexibility index (Phi) is 6.22. The summed E-state index contributed by atoms with van der Waals surface area (Å²) in [5.74, 6) is 0.958. The Morgan fingerprint density at radius 2 is 1.83 bits per heavy atom. The van der Waals surface area contributed by atoms with Crippen LogP contribution in [0.25, 0.3) is 0 Å². The molecule has 0 amide bonds. The molecule has 1 heterocycles. The maximum atomic E-state index is 6.42. The monoisotopic (exact) mass is 341 g/mol. The third kappa shape index (κ3) is 4.55. The van der Waals surface area contributed by atoms with Gasteiger partial charge in [0.05, 0.1) is 0 Å². The van der Waals surface area contributed by atoms with Crippen molar-refractivity contribution in [3.63, 3.8) is 0 Å². The zero-order chi connectivity index (χ0) is 16.8. The van der Waals surface area contributed by atoms with E-state index in [9.17, 15) is 0 Å². The number of hydrogen-bond donors (Lipinski definition) is 0. The standard InChI is InChI=1S/C21H27NOS/c1-22-15-7-6-10-18(22)16-21(17-8-4-3-5-9-17)23-19-11-13-20(24-2)14-12-19/h3-5,8-9,11-14,18,21H,6-7,10,15-16H2,1-2H3. The molecule has 128 valence electrons. The largest absolute Gasteiger partial charge is 0.486 e. The van der Waals surface area contributed by atoms with E-state index in [4.69, 9.17) is 4.74 Å². The third-order valence-electron chi connectivity index (χ3n) is 4.92. The van der Waals surface area contributed by atoms with E-state index in [0.29, 0.717) is 6.04 Å². The molecule has 24 heavy (non-hydrogen) atoms. The summed E-state index contributed by atoms with van der Waals surface area (Å²) in [7, 11) is 2.25. The van der Waals surface area contributed by atoms with Crippen molar-refractivity contribution in [2.24, 2.45) is 0 Å². The molecule has 0 radical (unpaired) electrons. The van der Waals surface area contributed by atoms with E-state index in [1.165, 1.54) is 36.3 Å². The normalized spacial score (nSPS) is 19.8. The van der Waals surface area contributed by atoms with E-state index in [-0.39, 0.29) is 6.10 Å². The summed E-state index contributed by atoms with van der Waals surface area (Å²) in [5, 5.41) is 0. The van der Waals surface area contributed by atoms with Crippen molar-refractivity contribution in [3.05, 3.63) is 60.2 Å². The highest BCUT2D eigenvalue weighted by atomic mass is 32.2. The van der Waals surface area contributed by atoms with E-state index >= 15 is 0 Å². The Bertz CT molecular complexity index is 613. The topological polar surface area (TPSA) is 12.5 Å². The van der Waals surface area contributed by atoms with Gasteiger partial charge >= 0.3 is 0 Å². The van der Waals surface area contributed by atoms with Gasteiger partial charge in [-0.3, -0.25) is 0 Å². The molecule has 0 aromatic heterocycles. The van der Waals surface area contributed by atoms with Crippen LogP contribution in [0, 0.1) is 0 Å². The lowest BCUT2D eigenvalue weighted by Crippen LogP contribution is -2.37. The van der Waals surface area contributed by atoms with Crippen LogP contribution in [0.5, 0.6) is 5.75 Å². The van der Waals surface area contributed by atoms with Crippen LogP contribution in [0.15, 0.2) is 59.5 Å². The molecule has 2 aromatic rings. The van der Waals surface area contributed by atoms with Crippen LogP contribution in [0.3, 0.4) is 0 Å². The lowest BCUT2D eigenvalue weighted by molar-refractivity contribution is 0.109. The molecule has 2 nitrogen and oxygen atoms in total. The molecule has 1 aliphatic rings. The van der Waals surface area contributed by atoms with E-state index in [1.807, 2.05) is 0 Å². The van der Waals surface area contributed by atoms with Crippen LogP contribution < -0.4 is 4.74 Å². The fourth-order valence-electron chi connectivity index (χ4n) is 3.43. The van der Waals surface area contributed by atoms with Gasteiger partial charge in [0.15, 0.2) is 0 Å². The first-order valence-corrected chi connectivity index (χ1v) is 10.0. The van der Waals surface area contributed by atoms with Crippen LogP contribution in [0.1, 0.15) is 37.4 Å². The van der Waals surface area contributed by atoms with Crippen LogP contribution in [-0.2, 0) is 0 Å². The summed E-state index contributed by atoms with van der Waals surface area (Å²) in [6.07, 6.45) is 7.18. The summed E-state index contributed by atoms with van der Waals surface area (Å²) in [6, 6.07) is 19.7. The molecular weight excluding hydrogens is 314 g/mol. The molecule has 2 unspecified atom stereocenters. The van der Waals surface area contributed by atoms with Gasteiger partial charge in [-0.15, -0.1) is 11.8 Å². The molecule has 0 bridgehead atoms. The van der Waals surface area contributed by atoms with Crippen molar-refractivity contribution in [1.29, 1.82) is 0 Å². The van der Waals surface area contributed by atoms with Gasteiger partial charge in [-0.25, -0.2) is 0 Å². The van der Waals surface area contributed by atoms with Crippen molar-refractivity contribution in [3.8, 4) is 5.75 Å². The molecule has 0 saturated carbocycles. The average molecular weight is 342 g/mol. The van der Waals surface area contributed by atoms with Gasteiger partial charge < -0.3 is 9.64 Å². The van der Waals surface area contributed by atoms with E-state index < -0.39 is 0 Å². The molecule has 0 spiro atoms. The van der Waals surface area contributed by atoms with Gasteiger partial charge in [0.25, 0.3) is 0 Å². The van der Waals surface area contributed by atoms with E-state index in [1.54, 1.807) is 11.8 Å². The Hall–Kier alpha value is -1.45. The molecule has 3 heteroatoms. The minimum atomic E-state index is 0.108. The predicted octanol–water partition coefficient (Wildman–Crippen LogP) is 5.40. The van der Waals surface area contributed by atoms with Gasteiger partial charge in [-0.2, -0.15) is 0 Å². The molecule has 3 rings (SSSR count). The van der Waals surface area contributed by atoms with Gasteiger partial charge in [0.2, 0.25) is 0 Å². The van der Waals surface area contributed by atoms with E-state index in [0.717, 1.165) is 12.2 Å². The molecular formula is C21H27NOS. The minimum Gasteiger partial charge on any atom is -0.486 e. The second-order valence-electron chi connectivity index (χ2n) is 6.56. The van der Waals surface area contributed by atoms with Crippen molar-refractivity contribution < 1.29 is 4.74 Å². The van der Waals surface area contributed by atoms with Crippen LogP contribution in [0.2, 0.25) is 0 Å². The SMILES string of the molecule is CSc1ccc(OC(CC2CCCCN2C)c2ccccc2)cc1. The maximum Gasteiger partial charge on any atom is 0.125 e. The number of ether oxygens (including phenoxy) is 1. The number of nitrogens with zero attached hydrogens (tertiary/aromatic N) is 1. The molecule has 1 fully saturated rings. The molecule has 0 N–H and O–H groups in total. The molecule has 0 aliphatic carbocycles. The second-order valence-corrected chi connectivity index (χ2v) is 7.44. The van der Waals surface area contributed by atoms with Crippen molar-refractivity contribution >= 4 is 11.8 Å². The first-order chi connectivity index (χ1) is 11.8. The first-order valence-electron chi connectivity index (χ1n) is 8.82. The zero-order valence-corrected chi connectivity index (χ0v) is 15.5. The summed E-state index contributed by atoms with van der Waals surface area (Å²) in [5.41, 5.74) is 1.27. The van der Waals surface area contributed by atoms with E-state index in [2.05, 4.69) is 72.8 Å². The highest BCUT2D eigenvalue weighted by Gasteiger charge is 2.25. The summed E-state index contributed by atoms with van der Waals surface area (Å²) >= 11 is 1.76. The van der Waals surface area contributed by atoms with Crippen molar-refractivity contribution in [2.45, 2.75) is 42.7 Å². The smallest absolute Gasteiger partial charge is 0.125 e. The number of piperidine rings is 1. The zero-order valence-electron chi connectivity index (χ0n) is 14.7. The second kappa shape index (κ2) is 8.59. The number of benzene rings is 2. The fourth-order valence-corrected chi connectivity index (χ4v) is 3.84. The lowest BCUT2D eigenvalue weighted by Gasteiger charge is -2.35. The molecule has 2 aromatic carbocycles. The maximum absolute atomic E-state index is 6.42. The highest BCUT2D eigenvalue weighted by Crippen LogP contribution is 2.31. The minimum absolute atomic E-state index is 0.108. The van der Waals surface area contributed by atoms with Gasteiger partial charge in [-0.05, 0) is 62.5 Å². The van der Waals surface area contributed by atoms with Crippen LogP contribution >= 0.6 is 11.8 Å². The first kappa shape index (κ1) is 17.4. The number of hydrogen-bond acceptors (Lipinski definition) is 3. The quantitative estimate of drug-likeness (QED) is 0.653. The molecule has 2 atom stereocenters. The molecule has 1 saturated heterocycles. The lowest BCUT2D eigenvalue weighted by atomic mass is 9.94. The average Bonchev–Trinajstić information content (AvgIpc) is 2.64. The van der Waals surface area contributed by atoms with Crippen LogP contribution in [-0.4, -0.2) is 30.8 Å². The third-order valence-corrected chi connectivity index (χ3v) is 5.66. The Labute approximate surface area is 150 Å². The highest BCUT2D eigenvalue weighted by molar-refractivity contribution is 7.98. The predicted molar refractivity (Wildman–Crippen MR) is 103 cm³/mol. The summed E-state index contributed by atoms with van der Waals surface area (Å²) in [6.45, 7) is 1.20. The van der Waals surface area contributed by atoms with Gasteiger partial charge in [-0.1, -0.05) is 36.8 Å². The number of likely N-dealkylation sites (tertiary alicyclic amines) is 1. The van der Waals surface area contributed by atoms with Crippen LogP contribution in [0.4, 0.5) is 0 Å². The molecule has 1 aliphatic heterocycles. The van der Waals surface area contributed by atoms with Crippen molar-refractivity contribution in [1.82, 2.24) is 4.90 Å². The number of thioether (sulfide) groups is 1. The Balaban J connectivity index is 1.76. The number of rotatable bonds is 6. The fraction of sp³-hybridized carbons (Fsp3) is 0.429. The summed E-state index contributed by atoms with van der Waals surface area (Å²) < 4.78 is 6.42. The summed E-state index contributed by atoms with van der Waals surface area (Å²) in [4.78, 5) is 3.77. The Morgan fingerprint density at radius 1 is 1.08 bits per heavy atom. The van der Waals surface area contributed by atoms with Crippen molar-refractivity contribution in [2.75, 3.05) is 19.8 Å².